The van der Waals surface area contributed by atoms with Crippen molar-refractivity contribution < 1.29 is 91.7 Å². The summed E-state index contributed by atoms with van der Waals surface area (Å²) >= 11 is 2.60. The van der Waals surface area contributed by atoms with E-state index in [1.165, 1.54) is 119 Å². The predicted molar refractivity (Wildman–Crippen MR) is 409 cm³/mol. The zero-order valence-electron chi connectivity index (χ0n) is 63.1. The van der Waals surface area contributed by atoms with E-state index in [-0.39, 0.29) is 61.7 Å². The lowest BCUT2D eigenvalue weighted by molar-refractivity contribution is -0.143. The largest absolute Gasteiger partial charge is 0.508 e. The first-order valence-electron chi connectivity index (χ1n) is 35.8. The molecule has 1 saturated heterocycles. The molecule has 0 aliphatic carbocycles. The van der Waals surface area contributed by atoms with Gasteiger partial charge < -0.3 is 93.9 Å². The van der Waals surface area contributed by atoms with Gasteiger partial charge in [0.2, 0.25) is 70.9 Å². The Morgan fingerprint density at radius 3 is 1.84 bits per heavy atom. The zero-order chi connectivity index (χ0) is 81.3. The molecule has 0 saturated carbocycles. The number of aliphatic hydroxyl groups is 1. The molecule has 0 radical (unpaired) electrons. The van der Waals surface area contributed by atoms with Crippen LogP contribution in [0, 0.1) is 11.3 Å². The van der Waals surface area contributed by atoms with Crippen LogP contribution in [-0.2, 0) is 97.4 Å². The molecular formula is C74H101N14O19PS2. The third-order valence-electron chi connectivity index (χ3n) is 19.0. The zero-order valence-corrected chi connectivity index (χ0v) is 65.7. The SMILES string of the molecule is CC(C)[C@]1(C)NC(=O)[C@H](Cc2ccc(O)cc2)NC(=O)[C@H](C)NC(=O)C(C)(C)NC(=O)[C@H](Cc2c[nH]c3ncccc23)NC(=O)C([C@@H](C)O)NC(=O)[C@@H]2CCCN2C(=O)[C@H](Cc2ccc(O)cc2)NC(=O)[C@H](C(C)(C)C)NC(=O)CCSCc2cccc(c2)CSC[C@@H](C(N)=O)NC(=O)[C@H]([C@@H](C)OP(=O)(O)O)NC1=O. The highest BCUT2D eigenvalue weighted by molar-refractivity contribution is 7.98. The number of hydrogen-bond donors (Lipinski definition) is 17. The summed E-state index contributed by atoms with van der Waals surface area (Å²) < 4.78 is 17.2. The van der Waals surface area contributed by atoms with E-state index in [1.54, 1.807) is 57.3 Å². The summed E-state index contributed by atoms with van der Waals surface area (Å²) in [7, 11) is -5.41. The number of primary amides is 1. The number of hydrogen-bond acceptors (Lipinski definition) is 20. The second-order valence-corrected chi connectivity index (χ2v) is 33.0. The van der Waals surface area contributed by atoms with E-state index in [4.69, 9.17) is 10.3 Å². The van der Waals surface area contributed by atoms with Crippen molar-refractivity contribution in [3.05, 3.63) is 125 Å². The van der Waals surface area contributed by atoms with Gasteiger partial charge in [0.25, 0.3) is 0 Å². The minimum absolute atomic E-state index is 0.0149. The maximum atomic E-state index is 15.0. The number of aliphatic hydroxyl groups excluding tert-OH is 1. The number of aromatic hydroxyl groups is 2. The van der Waals surface area contributed by atoms with E-state index in [9.17, 15) is 82.4 Å². The van der Waals surface area contributed by atoms with Crippen molar-refractivity contribution in [3.63, 3.8) is 0 Å². The standard InChI is InChI=1S/C74H101N14O19PS2/c1-39(2)74(11)71(103)85-58(42(5)107-108(104,105)106)67(99)82-54(60(75)93)38-110-37-46-16-12-15-45(31-46)36-109-30-27-56(92)83-59(72(6,7)8)68(100)81-53(33-44-21-25-49(91)26-22-44)69(101)88-29-14-18-55(88)65(97)84-57(41(4)89)66(98)80-52(34-47-35-77-61-50(47)17-13-28-76-61)63(95)86-73(9,10)70(102)78-40(3)62(94)79-51(64(96)87-74)32-43-19-23-48(90)24-20-43/h12-13,15-17,19-26,28,31,35,39-42,51-55,57-59,89-91H,14,18,27,29-30,32-34,36-38H2,1-11H3,(H2,75,93)(H,76,77)(H,78,102)(H,79,94)(H,80,98)(H,81,100)(H,82,99)(H,83,92)(H,84,97)(H,85,103)(H,86,95)(H,87,96)(H2,104,105,106)/t40-,41+,42+,51-,52-,53-,54-,55-,57?,58-,59+,74-/m0/s1. The molecule has 5 aromatic rings. The fourth-order valence-electron chi connectivity index (χ4n) is 12.2. The molecular weight excluding hydrogens is 1480 g/mol. The topological polar surface area (TPSA) is 511 Å². The quantitative estimate of drug-likeness (QED) is 0.0783. The van der Waals surface area contributed by atoms with Crippen LogP contribution in [0.5, 0.6) is 11.5 Å². The third-order valence-corrected chi connectivity index (χ3v) is 21.7. The van der Waals surface area contributed by atoms with Crippen molar-refractivity contribution in [1.29, 1.82) is 0 Å². The van der Waals surface area contributed by atoms with Crippen LogP contribution in [0.2, 0.25) is 0 Å². The number of fused-ring (bicyclic) bond motifs is 4. The van der Waals surface area contributed by atoms with E-state index >= 15 is 4.79 Å². The first-order chi connectivity index (χ1) is 51.5. The van der Waals surface area contributed by atoms with Gasteiger partial charge in [-0.25, -0.2) is 9.55 Å². The molecule has 0 spiro atoms. The van der Waals surface area contributed by atoms with Crippen molar-refractivity contribution in [2.45, 2.75) is 204 Å². The highest BCUT2D eigenvalue weighted by Gasteiger charge is 2.46. The van der Waals surface area contributed by atoms with Gasteiger partial charge in [0, 0.05) is 73.0 Å². The number of aromatic nitrogens is 2. The van der Waals surface area contributed by atoms with Crippen LogP contribution >= 0.6 is 31.3 Å². The van der Waals surface area contributed by atoms with Crippen LogP contribution in [-0.4, -0.2) is 207 Å². The normalized spacial score (nSPS) is 25.2. The number of phosphoric ester groups is 1. The molecule has 2 aliphatic rings. The average Bonchev–Trinajstić information content (AvgIpc) is 1.70. The van der Waals surface area contributed by atoms with Gasteiger partial charge in [0.1, 0.15) is 82.6 Å². The first-order valence-corrected chi connectivity index (χ1v) is 39.7. The summed E-state index contributed by atoms with van der Waals surface area (Å²) in [6, 6.07) is 8.35. The van der Waals surface area contributed by atoms with Crippen molar-refractivity contribution >= 4 is 113 Å². The molecule has 3 aromatic carbocycles. The maximum absolute atomic E-state index is 15.0. The highest BCUT2D eigenvalue weighted by Crippen LogP contribution is 2.38. The molecule has 1 fully saturated rings. The molecule has 2 aromatic heterocycles. The lowest BCUT2D eigenvalue weighted by Crippen LogP contribution is -2.67. The lowest BCUT2D eigenvalue weighted by atomic mass is 9.85. The molecule has 18 N–H and O–H groups in total. The summed E-state index contributed by atoms with van der Waals surface area (Å²) in [6.45, 7) is 15.6. The maximum Gasteiger partial charge on any atom is 0.469 e. The summed E-state index contributed by atoms with van der Waals surface area (Å²) in [5, 5.41) is 58.4. The van der Waals surface area contributed by atoms with Gasteiger partial charge in [-0.3, -0.25) is 62.1 Å². The van der Waals surface area contributed by atoms with Crippen LogP contribution in [0.3, 0.4) is 0 Å². The Hall–Kier alpha value is -9.64. The number of carbonyl (C=O) groups excluding carboxylic acids is 12. The van der Waals surface area contributed by atoms with Gasteiger partial charge in [-0.05, 0) is 130 Å². The minimum atomic E-state index is -5.41. The number of thioether (sulfide) groups is 2. The lowest BCUT2D eigenvalue weighted by Gasteiger charge is -2.37. The summed E-state index contributed by atoms with van der Waals surface area (Å²) in [5.41, 5.74) is 4.27. The van der Waals surface area contributed by atoms with Gasteiger partial charge in [-0.1, -0.05) is 83.1 Å². The molecule has 1 unspecified atom stereocenters. The molecule has 12 atom stereocenters. The molecule has 4 heterocycles. The Morgan fingerprint density at radius 2 is 1.25 bits per heavy atom. The highest BCUT2D eigenvalue weighted by atomic mass is 32.2. The van der Waals surface area contributed by atoms with Crippen molar-refractivity contribution in [2.24, 2.45) is 17.1 Å². The Morgan fingerprint density at radius 1 is 0.673 bits per heavy atom. The van der Waals surface area contributed by atoms with Gasteiger partial charge in [-0.15, -0.1) is 0 Å². The third kappa shape index (κ3) is 24.7. The number of aromatic amines is 1. The summed E-state index contributed by atoms with van der Waals surface area (Å²) in [5.74, 6) is -11.3. The number of amides is 12. The molecule has 2 bridgehead atoms. The number of phenols is 2. The molecule has 12 amide bonds. The van der Waals surface area contributed by atoms with Crippen LogP contribution in [0.15, 0.2) is 97.3 Å². The van der Waals surface area contributed by atoms with Crippen LogP contribution in [0.1, 0.15) is 123 Å². The number of nitrogens with one attached hydrogen (secondary N) is 11. The Bertz CT molecular complexity index is 4210. The summed E-state index contributed by atoms with van der Waals surface area (Å²) in [4.78, 5) is 202. The molecule has 110 heavy (non-hydrogen) atoms. The van der Waals surface area contributed by atoms with Crippen molar-refractivity contribution in [3.8, 4) is 11.5 Å². The average molecular weight is 1590 g/mol. The molecule has 2 aliphatic heterocycles. The number of phenolic OH excluding ortho intramolecular Hbond substituents is 2. The van der Waals surface area contributed by atoms with Crippen LogP contribution in [0.25, 0.3) is 11.0 Å². The number of nitrogens with zero attached hydrogens (tertiary/aromatic N) is 2. The van der Waals surface area contributed by atoms with Crippen LogP contribution < -0.4 is 58.9 Å². The van der Waals surface area contributed by atoms with Crippen molar-refractivity contribution in [2.75, 3.05) is 18.1 Å². The van der Waals surface area contributed by atoms with E-state index in [0.717, 1.165) is 18.1 Å². The number of benzene rings is 3. The number of rotatable bonds is 12. The smallest absolute Gasteiger partial charge is 0.469 e. The fourth-order valence-corrected chi connectivity index (χ4v) is 14.7. The molecule has 33 nitrogen and oxygen atoms in total. The second kappa shape index (κ2) is 38.3. The first kappa shape index (κ1) is 87.6. The van der Waals surface area contributed by atoms with Gasteiger partial charge in [0.15, 0.2) is 0 Å². The Labute approximate surface area is 645 Å². The van der Waals surface area contributed by atoms with Crippen molar-refractivity contribution in [1.82, 2.24) is 68.0 Å². The molecule has 598 valence electrons. The number of pyridine rings is 1. The number of carbonyl (C=O) groups is 12. The number of phosphoric acid groups is 1. The number of H-pyrrole nitrogens is 1. The number of nitrogens with two attached hydrogens (primary N) is 1. The predicted octanol–water partition coefficient (Wildman–Crippen LogP) is 1.30. The summed E-state index contributed by atoms with van der Waals surface area (Å²) in [6.07, 6.45) is -0.816. The van der Waals surface area contributed by atoms with Gasteiger partial charge >= 0.3 is 7.82 Å². The van der Waals surface area contributed by atoms with E-state index in [1.807, 2.05) is 18.2 Å². The van der Waals surface area contributed by atoms with E-state index in [2.05, 4.69) is 63.1 Å². The van der Waals surface area contributed by atoms with E-state index < -0.39 is 168 Å². The fraction of sp³-hybridized carbons (Fsp3) is 0.500. The Balaban J connectivity index is 1.22. The van der Waals surface area contributed by atoms with Gasteiger partial charge in [0.05, 0.1) is 12.2 Å². The monoisotopic (exact) mass is 1580 g/mol. The second-order valence-electron chi connectivity index (χ2n) is 29.6. The Kier molecular flexibility index (Phi) is 30.5. The van der Waals surface area contributed by atoms with Crippen LogP contribution in [0.4, 0.5) is 0 Å². The molecule has 7 rings (SSSR count). The molecule has 36 heteroatoms. The van der Waals surface area contributed by atoms with E-state index in [0.29, 0.717) is 45.7 Å². The minimum Gasteiger partial charge on any atom is -0.508 e. The van der Waals surface area contributed by atoms with Gasteiger partial charge in [-0.2, -0.15) is 23.5 Å².